The lowest BCUT2D eigenvalue weighted by molar-refractivity contribution is 0.170. The van der Waals surface area contributed by atoms with E-state index in [9.17, 15) is 5.11 Å². The number of nitrogens with zero attached hydrogens (tertiary/aromatic N) is 1. The van der Waals surface area contributed by atoms with Crippen LogP contribution in [-0.2, 0) is 0 Å². The quantitative estimate of drug-likeness (QED) is 0.755. The van der Waals surface area contributed by atoms with E-state index in [1.165, 1.54) is 16.3 Å². The minimum Gasteiger partial charge on any atom is -0.387 e. The van der Waals surface area contributed by atoms with Gasteiger partial charge in [0.15, 0.2) is 0 Å². The van der Waals surface area contributed by atoms with Crippen molar-refractivity contribution in [1.82, 2.24) is 10.3 Å². The molecular weight excluding hydrogens is 272 g/mol. The van der Waals surface area contributed by atoms with Gasteiger partial charge in [-0.05, 0) is 35.4 Å². The Labute approximate surface area is 130 Å². The average molecular weight is 292 g/mol. The van der Waals surface area contributed by atoms with Gasteiger partial charge in [0.05, 0.1) is 6.10 Å². The van der Waals surface area contributed by atoms with E-state index in [-0.39, 0.29) is 6.04 Å². The van der Waals surface area contributed by atoms with Crippen molar-refractivity contribution in [2.24, 2.45) is 0 Å². The number of nitrogens with one attached hydrogen (secondary N) is 1. The molecule has 3 rings (SSSR count). The summed E-state index contributed by atoms with van der Waals surface area (Å²) in [6.45, 7) is 2.61. The van der Waals surface area contributed by atoms with Gasteiger partial charge in [0, 0.05) is 30.5 Å². The zero-order valence-electron chi connectivity index (χ0n) is 12.6. The maximum Gasteiger partial charge on any atom is 0.0929 e. The number of aliphatic hydroxyl groups is 1. The van der Waals surface area contributed by atoms with Crippen LogP contribution in [0.1, 0.15) is 30.2 Å². The molecule has 3 nitrogen and oxygen atoms in total. The van der Waals surface area contributed by atoms with Crippen LogP contribution in [0, 0.1) is 0 Å². The van der Waals surface area contributed by atoms with Gasteiger partial charge in [-0.3, -0.25) is 4.98 Å². The highest BCUT2D eigenvalue weighted by Gasteiger charge is 2.11. The number of aromatic nitrogens is 1. The number of rotatable bonds is 5. The molecule has 0 bridgehead atoms. The minimum atomic E-state index is -0.545. The normalized spacial score (nSPS) is 13.9. The van der Waals surface area contributed by atoms with Crippen molar-refractivity contribution in [2.75, 3.05) is 6.54 Å². The fourth-order valence-electron chi connectivity index (χ4n) is 2.57. The van der Waals surface area contributed by atoms with Crippen LogP contribution in [0.5, 0.6) is 0 Å². The van der Waals surface area contributed by atoms with Crippen LogP contribution in [0.25, 0.3) is 10.8 Å². The minimum absolute atomic E-state index is 0.177. The van der Waals surface area contributed by atoms with Crippen LogP contribution in [0.2, 0.25) is 0 Å². The van der Waals surface area contributed by atoms with Crippen LogP contribution in [0.4, 0.5) is 0 Å². The smallest absolute Gasteiger partial charge is 0.0929 e. The third-order valence-corrected chi connectivity index (χ3v) is 3.96. The van der Waals surface area contributed by atoms with E-state index in [2.05, 4.69) is 53.6 Å². The topological polar surface area (TPSA) is 45.1 Å². The van der Waals surface area contributed by atoms with Gasteiger partial charge in [0.1, 0.15) is 0 Å². The maximum absolute atomic E-state index is 10.2. The van der Waals surface area contributed by atoms with E-state index in [0.717, 1.165) is 5.56 Å². The molecule has 112 valence electrons. The highest BCUT2D eigenvalue weighted by Crippen LogP contribution is 2.21. The summed E-state index contributed by atoms with van der Waals surface area (Å²) in [5.74, 6) is 0. The average Bonchev–Trinajstić information content (AvgIpc) is 2.59. The first-order chi connectivity index (χ1) is 10.7. The van der Waals surface area contributed by atoms with E-state index >= 15 is 0 Å². The third-order valence-electron chi connectivity index (χ3n) is 3.96. The van der Waals surface area contributed by atoms with Gasteiger partial charge in [0.2, 0.25) is 0 Å². The summed E-state index contributed by atoms with van der Waals surface area (Å²) in [6.07, 6.45) is 2.87. The Hall–Kier alpha value is -2.23. The number of benzene rings is 2. The van der Waals surface area contributed by atoms with E-state index in [0.29, 0.717) is 6.54 Å². The maximum atomic E-state index is 10.2. The molecule has 1 aromatic heterocycles. The van der Waals surface area contributed by atoms with Crippen molar-refractivity contribution in [2.45, 2.75) is 19.1 Å². The van der Waals surface area contributed by atoms with Crippen molar-refractivity contribution < 1.29 is 5.11 Å². The van der Waals surface area contributed by atoms with Crippen LogP contribution in [0.3, 0.4) is 0 Å². The number of fused-ring (bicyclic) bond motifs is 1. The predicted octanol–water partition coefficient (Wildman–Crippen LogP) is 3.62. The zero-order valence-corrected chi connectivity index (χ0v) is 12.6. The van der Waals surface area contributed by atoms with E-state index < -0.39 is 6.10 Å². The van der Waals surface area contributed by atoms with Crippen LogP contribution in [-0.4, -0.2) is 16.6 Å². The number of aliphatic hydroxyl groups excluding tert-OH is 1. The highest BCUT2D eigenvalue weighted by molar-refractivity contribution is 5.83. The second-order valence-electron chi connectivity index (χ2n) is 5.54. The molecular formula is C19H20N2O. The molecule has 0 fully saturated rings. The van der Waals surface area contributed by atoms with Gasteiger partial charge < -0.3 is 10.4 Å². The van der Waals surface area contributed by atoms with Gasteiger partial charge in [-0.15, -0.1) is 0 Å². The lowest BCUT2D eigenvalue weighted by Gasteiger charge is -2.18. The Morgan fingerprint density at radius 2 is 1.82 bits per heavy atom. The standard InChI is InChI=1S/C19H20N2O/c1-14(21-13-19(22)18-7-4-10-20-12-18)16-9-8-15-5-2-3-6-17(15)11-16/h2-12,14,19,21-22H,13H2,1H3/t14-,19+/m1/s1. The molecule has 2 aromatic carbocycles. The first-order valence-corrected chi connectivity index (χ1v) is 7.54. The second kappa shape index (κ2) is 6.69. The molecule has 0 spiro atoms. The van der Waals surface area contributed by atoms with Crippen LogP contribution < -0.4 is 5.32 Å². The van der Waals surface area contributed by atoms with Crippen molar-refractivity contribution >= 4 is 10.8 Å². The fourth-order valence-corrected chi connectivity index (χ4v) is 2.57. The van der Waals surface area contributed by atoms with E-state index in [4.69, 9.17) is 0 Å². The monoisotopic (exact) mass is 292 g/mol. The Balaban J connectivity index is 1.67. The summed E-state index contributed by atoms with van der Waals surface area (Å²) in [7, 11) is 0. The first kappa shape index (κ1) is 14.7. The van der Waals surface area contributed by atoms with Gasteiger partial charge in [-0.1, -0.05) is 42.5 Å². The van der Waals surface area contributed by atoms with Crippen LogP contribution >= 0.6 is 0 Å². The van der Waals surface area contributed by atoms with Crippen molar-refractivity contribution in [3.63, 3.8) is 0 Å². The number of hydrogen-bond acceptors (Lipinski definition) is 3. The van der Waals surface area contributed by atoms with Gasteiger partial charge >= 0.3 is 0 Å². The molecule has 3 aromatic rings. The first-order valence-electron chi connectivity index (χ1n) is 7.54. The Kier molecular flexibility index (Phi) is 4.47. The zero-order chi connectivity index (χ0) is 15.4. The van der Waals surface area contributed by atoms with Gasteiger partial charge in [-0.2, -0.15) is 0 Å². The summed E-state index contributed by atoms with van der Waals surface area (Å²) >= 11 is 0. The number of pyridine rings is 1. The molecule has 1 heterocycles. The summed E-state index contributed by atoms with van der Waals surface area (Å²) in [6, 6.07) is 18.7. The largest absolute Gasteiger partial charge is 0.387 e. The van der Waals surface area contributed by atoms with E-state index in [1.54, 1.807) is 12.4 Å². The number of hydrogen-bond donors (Lipinski definition) is 2. The van der Waals surface area contributed by atoms with Crippen molar-refractivity contribution in [3.05, 3.63) is 78.1 Å². The van der Waals surface area contributed by atoms with Crippen LogP contribution in [0.15, 0.2) is 67.0 Å². The summed E-state index contributed by atoms with van der Waals surface area (Å²) in [5, 5.41) is 16.1. The molecule has 0 amide bonds. The SMILES string of the molecule is C[C@@H](NC[C@H](O)c1cccnc1)c1ccc2ccccc2c1. The Morgan fingerprint density at radius 3 is 2.59 bits per heavy atom. The molecule has 0 aliphatic carbocycles. The molecule has 2 N–H and O–H groups in total. The predicted molar refractivity (Wildman–Crippen MR) is 89.6 cm³/mol. The van der Waals surface area contributed by atoms with Gasteiger partial charge in [0.25, 0.3) is 0 Å². The van der Waals surface area contributed by atoms with Gasteiger partial charge in [-0.25, -0.2) is 0 Å². The summed E-state index contributed by atoms with van der Waals surface area (Å²) in [4.78, 5) is 4.04. The summed E-state index contributed by atoms with van der Waals surface area (Å²) < 4.78 is 0. The molecule has 0 aliphatic heterocycles. The second-order valence-corrected chi connectivity index (χ2v) is 5.54. The molecule has 0 unspecified atom stereocenters. The molecule has 0 radical (unpaired) electrons. The molecule has 2 atom stereocenters. The molecule has 0 saturated heterocycles. The van der Waals surface area contributed by atoms with E-state index in [1.807, 2.05) is 18.2 Å². The molecule has 0 saturated carbocycles. The molecule has 3 heteroatoms. The highest BCUT2D eigenvalue weighted by atomic mass is 16.3. The molecule has 22 heavy (non-hydrogen) atoms. The lowest BCUT2D eigenvalue weighted by Crippen LogP contribution is -2.24. The molecule has 0 aliphatic rings. The fraction of sp³-hybridized carbons (Fsp3) is 0.211. The lowest BCUT2D eigenvalue weighted by atomic mass is 10.0. The van der Waals surface area contributed by atoms with Crippen molar-refractivity contribution in [3.8, 4) is 0 Å². The summed E-state index contributed by atoms with van der Waals surface area (Å²) in [5.41, 5.74) is 2.05. The van der Waals surface area contributed by atoms with Crippen molar-refractivity contribution in [1.29, 1.82) is 0 Å². The Bertz CT molecular complexity index is 743. The third kappa shape index (κ3) is 3.32. The Morgan fingerprint density at radius 1 is 1.00 bits per heavy atom.